The minimum absolute atomic E-state index is 0.117. The Bertz CT molecular complexity index is 925. The molecule has 1 heterocycles. The normalized spacial score (nSPS) is 10.9. The van der Waals surface area contributed by atoms with E-state index in [9.17, 15) is 4.79 Å². The van der Waals surface area contributed by atoms with Crippen LogP contribution in [0.3, 0.4) is 0 Å². The number of aryl methyl sites for hydroxylation is 1. The Kier molecular flexibility index (Phi) is 6.14. The van der Waals surface area contributed by atoms with Crippen LogP contribution in [0.25, 0.3) is 16.9 Å². The number of nitrogens with zero attached hydrogens (tertiary/aromatic N) is 2. The van der Waals surface area contributed by atoms with Gasteiger partial charge in [-0.15, -0.1) is 0 Å². The fourth-order valence-corrected chi connectivity index (χ4v) is 2.89. The Hall–Kier alpha value is -3.08. The molecule has 0 spiro atoms. The van der Waals surface area contributed by atoms with Gasteiger partial charge >= 0.3 is 0 Å². The molecular weight excluding hydrogens is 350 g/mol. The fraction of sp³-hybridized carbons (Fsp3) is 0.304. The highest BCUT2D eigenvalue weighted by molar-refractivity contribution is 5.94. The molecule has 3 rings (SSSR count). The Morgan fingerprint density at radius 1 is 1.11 bits per heavy atom. The second-order valence-electron chi connectivity index (χ2n) is 7.33. The molecule has 0 aliphatic rings. The van der Waals surface area contributed by atoms with Gasteiger partial charge in [-0.25, -0.2) is 4.68 Å². The van der Waals surface area contributed by atoms with Crippen LogP contribution in [0.4, 0.5) is 0 Å². The lowest BCUT2D eigenvalue weighted by atomic mass is 10.1. The van der Waals surface area contributed by atoms with E-state index in [4.69, 9.17) is 9.84 Å². The van der Waals surface area contributed by atoms with Crippen LogP contribution in [0, 0.1) is 12.8 Å². The van der Waals surface area contributed by atoms with Crippen molar-refractivity contribution in [3.63, 3.8) is 0 Å². The van der Waals surface area contributed by atoms with Gasteiger partial charge < -0.3 is 10.1 Å². The molecule has 0 aliphatic heterocycles. The van der Waals surface area contributed by atoms with Gasteiger partial charge in [0, 0.05) is 12.1 Å². The van der Waals surface area contributed by atoms with Crippen LogP contribution in [0.1, 0.15) is 36.3 Å². The van der Waals surface area contributed by atoms with Crippen molar-refractivity contribution >= 4 is 5.91 Å². The van der Waals surface area contributed by atoms with Crippen molar-refractivity contribution in [2.75, 3.05) is 13.7 Å². The van der Waals surface area contributed by atoms with Crippen LogP contribution in [-0.4, -0.2) is 29.3 Å². The Morgan fingerprint density at radius 2 is 1.79 bits per heavy atom. The summed E-state index contributed by atoms with van der Waals surface area (Å²) in [4.78, 5) is 12.8. The number of methoxy groups -OCH3 is 1. The van der Waals surface area contributed by atoms with Gasteiger partial charge in [0.1, 0.15) is 11.4 Å². The average molecular weight is 377 g/mol. The van der Waals surface area contributed by atoms with Gasteiger partial charge in [-0.1, -0.05) is 31.5 Å². The van der Waals surface area contributed by atoms with Crippen LogP contribution in [-0.2, 0) is 0 Å². The zero-order valence-electron chi connectivity index (χ0n) is 16.9. The lowest BCUT2D eigenvalue weighted by molar-refractivity contribution is 0.0944. The summed E-state index contributed by atoms with van der Waals surface area (Å²) >= 11 is 0. The van der Waals surface area contributed by atoms with Gasteiger partial charge in [-0.2, -0.15) is 5.10 Å². The van der Waals surface area contributed by atoms with Crippen LogP contribution in [0.5, 0.6) is 5.75 Å². The number of hydrogen-bond donors (Lipinski definition) is 1. The number of rotatable bonds is 7. The topological polar surface area (TPSA) is 56.1 Å². The molecule has 28 heavy (non-hydrogen) atoms. The molecule has 0 radical (unpaired) electrons. The number of benzene rings is 2. The van der Waals surface area contributed by atoms with Gasteiger partial charge in [-0.05, 0) is 61.7 Å². The number of ether oxygens (including phenoxy) is 1. The summed E-state index contributed by atoms with van der Waals surface area (Å²) in [6.45, 7) is 6.97. The largest absolute Gasteiger partial charge is 0.497 e. The van der Waals surface area contributed by atoms with E-state index in [2.05, 4.69) is 19.2 Å². The van der Waals surface area contributed by atoms with Crippen molar-refractivity contribution in [2.24, 2.45) is 5.92 Å². The lowest BCUT2D eigenvalue weighted by Crippen LogP contribution is -2.27. The highest BCUT2D eigenvalue weighted by Gasteiger charge is 2.17. The number of carbonyl (C=O) groups excluding carboxylic acids is 1. The maximum Gasteiger partial charge on any atom is 0.270 e. The van der Waals surface area contributed by atoms with Crippen LogP contribution >= 0.6 is 0 Å². The van der Waals surface area contributed by atoms with E-state index in [-0.39, 0.29) is 5.91 Å². The van der Waals surface area contributed by atoms with E-state index in [1.165, 1.54) is 0 Å². The summed E-state index contributed by atoms with van der Waals surface area (Å²) in [5.74, 6) is 1.21. The molecule has 0 saturated heterocycles. The Labute approximate surface area is 166 Å². The van der Waals surface area contributed by atoms with Gasteiger partial charge in [0.25, 0.3) is 5.91 Å². The molecule has 146 valence electrons. The molecule has 5 heteroatoms. The predicted octanol–water partition coefficient (Wildman–Crippen LogP) is 4.63. The zero-order chi connectivity index (χ0) is 20.1. The van der Waals surface area contributed by atoms with Gasteiger partial charge in [0.2, 0.25) is 0 Å². The van der Waals surface area contributed by atoms with Crippen LogP contribution < -0.4 is 10.1 Å². The standard InChI is InChI=1S/C23H27N3O2/c1-16(2)13-14-24-23(27)22-15-21(18-7-11-20(28-4)12-8-18)25-26(22)19-9-5-17(3)6-10-19/h5-12,15-16H,13-14H2,1-4H3,(H,24,27). The van der Waals surface area contributed by atoms with E-state index >= 15 is 0 Å². The van der Waals surface area contributed by atoms with Crippen molar-refractivity contribution in [1.29, 1.82) is 0 Å². The predicted molar refractivity (Wildman–Crippen MR) is 112 cm³/mol. The first-order valence-electron chi connectivity index (χ1n) is 9.57. The highest BCUT2D eigenvalue weighted by atomic mass is 16.5. The Morgan fingerprint density at radius 3 is 2.39 bits per heavy atom. The third kappa shape index (κ3) is 4.60. The minimum atomic E-state index is -0.117. The summed E-state index contributed by atoms with van der Waals surface area (Å²) in [7, 11) is 1.64. The molecule has 5 nitrogen and oxygen atoms in total. The molecule has 0 fully saturated rings. The van der Waals surface area contributed by atoms with Crippen LogP contribution in [0.2, 0.25) is 0 Å². The smallest absolute Gasteiger partial charge is 0.270 e. The summed E-state index contributed by atoms with van der Waals surface area (Å²) < 4.78 is 6.94. The fourth-order valence-electron chi connectivity index (χ4n) is 2.89. The summed E-state index contributed by atoms with van der Waals surface area (Å²) in [6.07, 6.45) is 0.940. The second kappa shape index (κ2) is 8.74. The molecule has 0 saturated carbocycles. The number of aromatic nitrogens is 2. The van der Waals surface area contributed by atoms with E-state index in [1.54, 1.807) is 11.8 Å². The maximum absolute atomic E-state index is 12.8. The third-order valence-electron chi connectivity index (χ3n) is 4.61. The summed E-state index contributed by atoms with van der Waals surface area (Å²) in [5.41, 5.74) is 4.23. The minimum Gasteiger partial charge on any atom is -0.497 e. The lowest BCUT2D eigenvalue weighted by Gasteiger charge is -2.09. The number of hydrogen-bond acceptors (Lipinski definition) is 3. The molecule has 1 N–H and O–H groups in total. The molecule has 0 atom stereocenters. The number of nitrogens with one attached hydrogen (secondary N) is 1. The monoisotopic (exact) mass is 377 g/mol. The van der Waals surface area contributed by atoms with E-state index < -0.39 is 0 Å². The van der Waals surface area contributed by atoms with Crippen molar-refractivity contribution in [3.05, 3.63) is 65.9 Å². The van der Waals surface area contributed by atoms with Crippen molar-refractivity contribution in [3.8, 4) is 22.7 Å². The summed E-state index contributed by atoms with van der Waals surface area (Å²) in [5, 5.41) is 7.73. The Balaban J connectivity index is 1.96. The molecular formula is C23H27N3O2. The van der Waals surface area contributed by atoms with E-state index in [0.717, 1.165) is 34.7 Å². The van der Waals surface area contributed by atoms with E-state index in [1.807, 2.05) is 61.5 Å². The third-order valence-corrected chi connectivity index (χ3v) is 4.61. The van der Waals surface area contributed by atoms with E-state index in [0.29, 0.717) is 18.2 Å². The number of carbonyl (C=O) groups is 1. The first-order valence-corrected chi connectivity index (χ1v) is 9.57. The van der Waals surface area contributed by atoms with Gasteiger partial charge in [0.15, 0.2) is 0 Å². The average Bonchev–Trinajstić information content (AvgIpc) is 3.14. The molecule has 0 unspecified atom stereocenters. The molecule has 0 bridgehead atoms. The quantitative estimate of drug-likeness (QED) is 0.653. The zero-order valence-corrected chi connectivity index (χ0v) is 16.9. The summed E-state index contributed by atoms with van der Waals surface area (Å²) in [6, 6.07) is 17.5. The molecule has 2 aromatic carbocycles. The molecule has 3 aromatic rings. The maximum atomic E-state index is 12.8. The molecule has 1 aromatic heterocycles. The van der Waals surface area contributed by atoms with Gasteiger partial charge in [-0.3, -0.25) is 4.79 Å². The molecule has 1 amide bonds. The SMILES string of the molecule is COc1ccc(-c2cc(C(=O)NCCC(C)C)n(-c3ccc(C)cc3)n2)cc1. The highest BCUT2D eigenvalue weighted by Crippen LogP contribution is 2.24. The number of amides is 1. The van der Waals surface area contributed by atoms with Crippen molar-refractivity contribution < 1.29 is 9.53 Å². The van der Waals surface area contributed by atoms with Gasteiger partial charge in [0.05, 0.1) is 18.5 Å². The second-order valence-corrected chi connectivity index (χ2v) is 7.33. The van der Waals surface area contributed by atoms with Crippen LogP contribution in [0.15, 0.2) is 54.6 Å². The van der Waals surface area contributed by atoms with Crippen molar-refractivity contribution in [2.45, 2.75) is 27.2 Å². The first kappa shape index (κ1) is 19.7. The molecule has 0 aliphatic carbocycles. The van der Waals surface area contributed by atoms with Crippen molar-refractivity contribution in [1.82, 2.24) is 15.1 Å². The first-order chi connectivity index (χ1) is 13.5.